The number of piperidine rings is 1. The maximum atomic E-state index is 10.5. The Balaban J connectivity index is 2.06. The van der Waals surface area contributed by atoms with E-state index in [2.05, 4.69) is 5.32 Å². The van der Waals surface area contributed by atoms with Gasteiger partial charge in [0, 0.05) is 12.1 Å². The number of phenolic OH excluding ortho intramolecular Hbond substituents is 1. The highest BCUT2D eigenvalue weighted by atomic mass is 16.6. The number of ether oxygens (including phenoxy) is 1. The molecule has 0 spiro atoms. The first-order valence-electron chi connectivity index (χ1n) is 5.51. The molecule has 0 bridgehead atoms. The number of nitrogens with zero attached hydrogens (tertiary/aromatic N) is 1. The van der Waals surface area contributed by atoms with Crippen molar-refractivity contribution >= 4 is 5.69 Å². The standard InChI is InChI=1S/C11H14N2O4/c14-11-7-9(1-2-10(11)13(15)16)17-8-3-5-12-6-4-8/h1-2,7-8,12,14H,3-6H2. The lowest BCUT2D eigenvalue weighted by atomic mass is 10.1. The van der Waals surface area contributed by atoms with Crippen molar-refractivity contribution in [3.05, 3.63) is 28.3 Å². The number of rotatable bonds is 3. The van der Waals surface area contributed by atoms with Crippen LogP contribution in [-0.4, -0.2) is 29.2 Å². The third-order valence-electron chi connectivity index (χ3n) is 2.73. The van der Waals surface area contributed by atoms with E-state index in [9.17, 15) is 15.2 Å². The van der Waals surface area contributed by atoms with Crippen LogP contribution in [0.2, 0.25) is 0 Å². The topological polar surface area (TPSA) is 84.6 Å². The van der Waals surface area contributed by atoms with Crippen LogP contribution in [0.1, 0.15) is 12.8 Å². The fourth-order valence-electron chi connectivity index (χ4n) is 1.84. The van der Waals surface area contributed by atoms with Gasteiger partial charge in [0.1, 0.15) is 11.9 Å². The van der Waals surface area contributed by atoms with Gasteiger partial charge in [-0.25, -0.2) is 0 Å². The average molecular weight is 238 g/mol. The predicted octanol–water partition coefficient (Wildman–Crippen LogP) is 1.43. The Bertz CT molecular complexity index is 416. The number of aromatic hydroxyl groups is 1. The molecule has 1 aromatic rings. The maximum absolute atomic E-state index is 10.5. The Morgan fingerprint density at radius 3 is 2.71 bits per heavy atom. The van der Waals surface area contributed by atoms with Crippen molar-refractivity contribution in [3.63, 3.8) is 0 Å². The summed E-state index contributed by atoms with van der Waals surface area (Å²) < 4.78 is 5.65. The SMILES string of the molecule is O=[N+]([O-])c1ccc(OC2CCNCC2)cc1O. The fourth-order valence-corrected chi connectivity index (χ4v) is 1.84. The average Bonchev–Trinajstić information content (AvgIpc) is 2.30. The molecule has 1 aromatic carbocycles. The van der Waals surface area contributed by atoms with Crippen LogP contribution in [0.5, 0.6) is 11.5 Å². The Morgan fingerprint density at radius 1 is 1.41 bits per heavy atom. The molecule has 1 aliphatic rings. The molecule has 6 nitrogen and oxygen atoms in total. The van der Waals surface area contributed by atoms with Gasteiger partial charge in [0.2, 0.25) is 0 Å². The van der Waals surface area contributed by atoms with Crippen molar-refractivity contribution in [2.45, 2.75) is 18.9 Å². The molecule has 0 amide bonds. The molecule has 2 rings (SSSR count). The molecule has 1 aliphatic heterocycles. The Labute approximate surface area is 98.4 Å². The molecule has 0 aliphatic carbocycles. The second kappa shape index (κ2) is 5.01. The van der Waals surface area contributed by atoms with Gasteiger partial charge in [0.25, 0.3) is 0 Å². The first-order valence-corrected chi connectivity index (χ1v) is 5.51. The molecular weight excluding hydrogens is 224 g/mol. The number of nitro benzene ring substituents is 1. The van der Waals surface area contributed by atoms with Crippen LogP contribution in [0.3, 0.4) is 0 Å². The highest BCUT2D eigenvalue weighted by Gasteiger charge is 2.17. The second-order valence-corrected chi connectivity index (χ2v) is 3.97. The summed E-state index contributed by atoms with van der Waals surface area (Å²) in [5.41, 5.74) is -0.303. The highest BCUT2D eigenvalue weighted by molar-refractivity contribution is 5.49. The van der Waals surface area contributed by atoms with Crippen molar-refractivity contribution in [2.75, 3.05) is 13.1 Å². The lowest BCUT2D eigenvalue weighted by molar-refractivity contribution is -0.385. The molecule has 1 heterocycles. The van der Waals surface area contributed by atoms with E-state index in [4.69, 9.17) is 4.74 Å². The molecule has 92 valence electrons. The number of benzene rings is 1. The van der Waals surface area contributed by atoms with E-state index < -0.39 is 4.92 Å². The van der Waals surface area contributed by atoms with Crippen LogP contribution in [0.15, 0.2) is 18.2 Å². The van der Waals surface area contributed by atoms with E-state index in [-0.39, 0.29) is 17.5 Å². The van der Waals surface area contributed by atoms with Gasteiger partial charge >= 0.3 is 5.69 Å². The van der Waals surface area contributed by atoms with Crippen molar-refractivity contribution in [3.8, 4) is 11.5 Å². The number of phenols is 1. The van der Waals surface area contributed by atoms with Crippen LogP contribution < -0.4 is 10.1 Å². The summed E-state index contributed by atoms with van der Waals surface area (Å²) in [6.45, 7) is 1.81. The zero-order valence-corrected chi connectivity index (χ0v) is 9.26. The van der Waals surface area contributed by atoms with Crippen LogP contribution in [-0.2, 0) is 0 Å². The van der Waals surface area contributed by atoms with Gasteiger partial charge in [-0.05, 0) is 32.0 Å². The largest absolute Gasteiger partial charge is 0.502 e. The van der Waals surface area contributed by atoms with Gasteiger partial charge in [-0.1, -0.05) is 0 Å². The normalized spacial score (nSPS) is 16.7. The third kappa shape index (κ3) is 2.85. The fraction of sp³-hybridized carbons (Fsp3) is 0.455. The monoisotopic (exact) mass is 238 g/mol. The summed E-state index contributed by atoms with van der Waals surface area (Å²) in [6.07, 6.45) is 1.91. The van der Waals surface area contributed by atoms with Gasteiger partial charge in [-0.3, -0.25) is 10.1 Å². The van der Waals surface area contributed by atoms with E-state index >= 15 is 0 Å². The van der Waals surface area contributed by atoms with E-state index in [1.807, 2.05) is 0 Å². The number of nitrogens with one attached hydrogen (secondary N) is 1. The lowest BCUT2D eigenvalue weighted by Gasteiger charge is -2.23. The number of hydrogen-bond acceptors (Lipinski definition) is 5. The number of nitro groups is 1. The minimum atomic E-state index is -0.621. The Morgan fingerprint density at radius 2 is 2.12 bits per heavy atom. The molecule has 0 atom stereocenters. The minimum Gasteiger partial charge on any atom is -0.502 e. The molecule has 2 N–H and O–H groups in total. The zero-order valence-electron chi connectivity index (χ0n) is 9.26. The Kier molecular flexibility index (Phi) is 3.43. The minimum absolute atomic E-state index is 0.108. The molecule has 1 saturated heterocycles. The van der Waals surface area contributed by atoms with Gasteiger partial charge in [0.05, 0.1) is 4.92 Å². The Hall–Kier alpha value is -1.82. The molecule has 0 aromatic heterocycles. The van der Waals surface area contributed by atoms with Crippen LogP contribution in [0.4, 0.5) is 5.69 Å². The van der Waals surface area contributed by atoms with E-state index in [0.29, 0.717) is 5.75 Å². The highest BCUT2D eigenvalue weighted by Crippen LogP contribution is 2.30. The number of hydrogen-bond donors (Lipinski definition) is 2. The van der Waals surface area contributed by atoms with E-state index in [1.165, 1.54) is 18.2 Å². The van der Waals surface area contributed by atoms with Gasteiger partial charge < -0.3 is 15.2 Å². The van der Waals surface area contributed by atoms with E-state index in [1.54, 1.807) is 0 Å². The third-order valence-corrected chi connectivity index (χ3v) is 2.73. The van der Waals surface area contributed by atoms with Crippen molar-refractivity contribution < 1.29 is 14.8 Å². The second-order valence-electron chi connectivity index (χ2n) is 3.97. The first kappa shape index (κ1) is 11.7. The molecule has 6 heteroatoms. The summed E-state index contributed by atoms with van der Waals surface area (Å²) in [6, 6.07) is 4.06. The quantitative estimate of drug-likeness (QED) is 0.614. The summed E-state index contributed by atoms with van der Waals surface area (Å²) in [7, 11) is 0. The molecule has 0 radical (unpaired) electrons. The van der Waals surface area contributed by atoms with Crippen molar-refractivity contribution in [1.82, 2.24) is 5.32 Å². The summed E-state index contributed by atoms with van der Waals surface area (Å²) >= 11 is 0. The van der Waals surface area contributed by atoms with Crippen LogP contribution in [0, 0.1) is 10.1 Å². The van der Waals surface area contributed by atoms with Crippen LogP contribution in [0.25, 0.3) is 0 Å². The predicted molar refractivity (Wildman–Crippen MR) is 61.3 cm³/mol. The summed E-state index contributed by atoms with van der Waals surface area (Å²) in [5, 5.41) is 23.2. The molecule has 0 saturated carbocycles. The molecule has 17 heavy (non-hydrogen) atoms. The first-order chi connectivity index (χ1) is 8.16. The maximum Gasteiger partial charge on any atom is 0.310 e. The van der Waals surface area contributed by atoms with Gasteiger partial charge in [0.15, 0.2) is 5.75 Å². The van der Waals surface area contributed by atoms with Crippen molar-refractivity contribution in [2.24, 2.45) is 0 Å². The zero-order chi connectivity index (χ0) is 12.3. The molecule has 0 unspecified atom stereocenters. The molecule has 1 fully saturated rings. The van der Waals surface area contributed by atoms with Gasteiger partial charge in [-0.2, -0.15) is 0 Å². The van der Waals surface area contributed by atoms with Gasteiger partial charge in [-0.15, -0.1) is 0 Å². The smallest absolute Gasteiger partial charge is 0.310 e. The molecular formula is C11H14N2O4. The summed E-state index contributed by atoms with van der Waals surface area (Å²) in [4.78, 5) is 9.90. The summed E-state index contributed by atoms with van der Waals surface area (Å²) in [5.74, 6) is 0.112. The van der Waals surface area contributed by atoms with Crippen LogP contribution >= 0.6 is 0 Å². The lowest BCUT2D eigenvalue weighted by Crippen LogP contribution is -2.34. The van der Waals surface area contributed by atoms with Crippen molar-refractivity contribution in [1.29, 1.82) is 0 Å². The van der Waals surface area contributed by atoms with E-state index in [0.717, 1.165) is 25.9 Å².